The average Bonchev–Trinajstić information content (AvgIpc) is 2.19. The zero-order valence-corrected chi connectivity index (χ0v) is 8.96. The third-order valence-electron chi connectivity index (χ3n) is 1.90. The second-order valence-electron chi connectivity index (χ2n) is 2.74. The average molecular weight is 238 g/mol. The zero-order valence-electron chi connectivity index (χ0n) is 8.06. The Labute approximate surface area is 128 Å². The Bertz CT molecular complexity index is 300. The normalized spacial score (nSPS) is 14.1. The van der Waals surface area contributed by atoms with Crippen LogP contribution in [0.4, 0.5) is 0 Å². The van der Waals surface area contributed by atoms with Crippen LogP contribution in [0.1, 0.15) is 13.8 Å². The summed E-state index contributed by atoms with van der Waals surface area (Å²) in [6.07, 6.45) is 0.560. The fraction of sp³-hybridized carbons (Fsp3) is 0.400. The van der Waals surface area contributed by atoms with Gasteiger partial charge in [0.05, 0.1) is 6.61 Å². The van der Waals surface area contributed by atoms with E-state index in [4.69, 9.17) is 4.52 Å². The maximum atomic E-state index is 12.2. The van der Waals surface area contributed by atoms with Gasteiger partial charge in [-0.05, 0) is 19.1 Å². The van der Waals surface area contributed by atoms with E-state index in [1.165, 1.54) is 0 Å². The third-order valence-corrected chi connectivity index (χ3v) is 4.50. The van der Waals surface area contributed by atoms with Gasteiger partial charge in [-0.2, -0.15) is 0 Å². The van der Waals surface area contributed by atoms with Crippen molar-refractivity contribution in [3.63, 3.8) is 0 Å². The summed E-state index contributed by atoms with van der Waals surface area (Å²) in [5, 5.41) is 0.819. The van der Waals surface area contributed by atoms with Crippen LogP contribution in [0.25, 0.3) is 0 Å². The molecule has 1 aromatic carbocycles. The second kappa shape index (κ2) is 7.34. The number of benzene rings is 1. The summed E-state index contributed by atoms with van der Waals surface area (Å²) >= 11 is 0. The van der Waals surface area contributed by atoms with Gasteiger partial charge in [0.15, 0.2) is 0 Å². The first-order valence-corrected chi connectivity index (χ1v) is 6.33. The molecule has 0 aromatic heterocycles. The standard InChI is InChI=1S/C10H15O2P.K.H/c1-3-12-13(11,4-2)10-8-6-5-7-9-10;;/h5-9H,3-4H2,1-2H3;;. The van der Waals surface area contributed by atoms with E-state index in [2.05, 4.69) is 0 Å². The van der Waals surface area contributed by atoms with E-state index in [0.717, 1.165) is 5.30 Å². The van der Waals surface area contributed by atoms with Gasteiger partial charge in [-0.3, -0.25) is 4.57 Å². The predicted octanol–water partition coefficient (Wildman–Crippen LogP) is 2.00. The van der Waals surface area contributed by atoms with E-state index < -0.39 is 7.37 Å². The van der Waals surface area contributed by atoms with E-state index in [-0.39, 0.29) is 51.4 Å². The van der Waals surface area contributed by atoms with Gasteiger partial charge in [0, 0.05) is 11.5 Å². The first-order chi connectivity index (χ1) is 6.23. The molecular weight excluding hydrogens is 222 g/mol. The molecular formula is C10H16KO2P. The van der Waals surface area contributed by atoms with Crippen LogP contribution in [-0.2, 0) is 9.09 Å². The van der Waals surface area contributed by atoms with Crippen LogP contribution in [0.15, 0.2) is 30.3 Å². The fourth-order valence-corrected chi connectivity index (χ4v) is 2.95. The summed E-state index contributed by atoms with van der Waals surface area (Å²) in [7, 11) is -2.55. The molecule has 0 amide bonds. The van der Waals surface area contributed by atoms with Crippen molar-refractivity contribution in [1.82, 2.24) is 0 Å². The summed E-state index contributed by atoms with van der Waals surface area (Å²) in [6.45, 7) is 4.26. The predicted molar refractivity (Wildman–Crippen MR) is 63.0 cm³/mol. The molecule has 1 atom stereocenters. The van der Waals surface area contributed by atoms with Gasteiger partial charge >= 0.3 is 51.4 Å². The molecule has 1 unspecified atom stereocenters. The van der Waals surface area contributed by atoms with Crippen LogP contribution in [0.5, 0.6) is 0 Å². The van der Waals surface area contributed by atoms with Gasteiger partial charge in [-0.15, -0.1) is 0 Å². The van der Waals surface area contributed by atoms with E-state index in [9.17, 15) is 4.57 Å². The Morgan fingerprint density at radius 2 is 1.79 bits per heavy atom. The van der Waals surface area contributed by atoms with Crippen LogP contribution < -0.4 is 5.30 Å². The molecule has 0 bridgehead atoms. The molecule has 0 radical (unpaired) electrons. The molecule has 1 aromatic rings. The van der Waals surface area contributed by atoms with Crippen molar-refractivity contribution < 1.29 is 9.09 Å². The summed E-state index contributed by atoms with van der Waals surface area (Å²) < 4.78 is 17.5. The fourth-order valence-electron chi connectivity index (χ4n) is 1.21. The van der Waals surface area contributed by atoms with Crippen LogP contribution in [0.2, 0.25) is 0 Å². The zero-order chi connectivity index (χ0) is 9.73. The number of hydrogen-bond acceptors (Lipinski definition) is 2. The summed E-state index contributed by atoms with van der Waals surface area (Å²) in [4.78, 5) is 0. The van der Waals surface area contributed by atoms with Gasteiger partial charge in [0.1, 0.15) is 0 Å². The van der Waals surface area contributed by atoms with Crippen molar-refractivity contribution in [3.8, 4) is 0 Å². The molecule has 0 aliphatic carbocycles. The Balaban J connectivity index is 0.00000169. The SMILES string of the molecule is CCOP(=O)(CC)c1ccccc1.[KH]. The number of rotatable bonds is 4. The molecule has 2 nitrogen and oxygen atoms in total. The van der Waals surface area contributed by atoms with E-state index in [1.807, 2.05) is 44.2 Å². The van der Waals surface area contributed by atoms with Crippen molar-refractivity contribution in [2.75, 3.05) is 12.8 Å². The molecule has 1 rings (SSSR count). The van der Waals surface area contributed by atoms with E-state index in [1.54, 1.807) is 0 Å². The molecule has 0 saturated carbocycles. The Morgan fingerprint density at radius 1 is 1.21 bits per heavy atom. The minimum atomic E-state index is -2.55. The Hall–Kier alpha value is 1.05. The van der Waals surface area contributed by atoms with Crippen LogP contribution in [0, 0.1) is 0 Å². The Morgan fingerprint density at radius 3 is 2.21 bits per heavy atom. The van der Waals surface area contributed by atoms with Crippen molar-refractivity contribution >= 4 is 64.1 Å². The van der Waals surface area contributed by atoms with Gasteiger partial charge in [0.2, 0.25) is 7.37 Å². The number of hydrogen-bond donors (Lipinski definition) is 0. The quantitative estimate of drug-likeness (QED) is 0.592. The molecule has 0 N–H and O–H groups in total. The first kappa shape index (κ1) is 15.0. The summed E-state index contributed by atoms with van der Waals surface area (Å²) in [5.41, 5.74) is 0. The maximum absolute atomic E-state index is 12.2. The molecule has 0 heterocycles. The van der Waals surface area contributed by atoms with E-state index in [0.29, 0.717) is 12.8 Å². The van der Waals surface area contributed by atoms with Crippen molar-refractivity contribution in [2.24, 2.45) is 0 Å². The third kappa shape index (κ3) is 3.90. The Kier molecular flexibility index (Phi) is 7.89. The molecule has 0 aliphatic rings. The molecule has 0 spiro atoms. The summed E-state index contributed by atoms with van der Waals surface area (Å²) in [6, 6.07) is 9.41. The molecule has 0 aliphatic heterocycles. The molecule has 14 heavy (non-hydrogen) atoms. The monoisotopic (exact) mass is 238 g/mol. The van der Waals surface area contributed by atoms with Crippen LogP contribution in [0.3, 0.4) is 0 Å². The van der Waals surface area contributed by atoms with Gasteiger partial charge in [-0.1, -0.05) is 25.1 Å². The van der Waals surface area contributed by atoms with Gasteiger partial charge < -0.3 is 4.52 Å². The summed E-state index contributed by atoms with van der Waals surface area (Å²) in [5.74, 6) is 0. The molecule has 0 saturated heterocycles. The van der Waals surface area contributed by atoms with Gasteiger partial charge in [0.25, 0.3) is 0 Å². The van der Waals surface area contributed by atoms with E-state index >= 15 is 0 Å². The van der Waals surface area contributed by atoms with Crippen LogP contribution in [-0.4, -0.2) is 64.2 Å². The van der Waals surface area contributed by atoms with Crippen LogP contribution >= 0.6 is 7.37 Å². The topological polar surface area (TPSA) is 26.3 Å². The first-order valence-electron chi connectivity index (χ1n) is 4.52. The molecule has 0 fully saturated rings. The van der Waals surface area contributed by atoms with Crippen molar-refractivity contribution in [1.29, 1.82) is 0 Å². The molecule has 74 valence electrons. The second-order valence-corrected chi connectivity index (χ2v) is 5.50. The van der Waals surface area contributed by atoms with Gasteiger partial charge in [-0.25, -0.2) is 0 Å². The van der Waals surface area contributed by atoms with Crippen molar-refractivity contribution in [3.05, 3.63) is 30.3 Å². The molecule has 4 heteroatoms. The minimum absolute atomic E-state index is 0. The van der Waals surface area contributed by atoms with Crippen molar-refractivity contribution in [2.45, 2.75) is 13.8 Å².